The third-order valence-electron chi connectivity index (χ3n) is 4.47. The largest absolute Gasteiger partial charge is 0.493 e. The maximum atomic E-state index is 5.76. The maximum absolute atomic E-state index is 5.76. The van der Waals surface area contributed by atoms with E-state index < -0.39 is 0 Å². The summed E-state index contributed by atoms with van der Waals surface area (Å²) in [5.41, 5.74) is 3.61. The van der Waals surface area contributed by atoms with Crippen LogP contribution >= 0.6 is 24.0 Å². The maximum Gasteiger partial charge on any atom is 0.191 e. The van der Waals surface area contributed by atoms with Crippen LogP contribution in [0.3, 0.4) is 0 Å². The zero-order valence-electron chi connectivity index (χ0n) is 18.3. The Hall–Kier alpha value is -1.77. The van der Waals surface area contributed by atoms with Crippen LogP contribution in [0.4, 0.5) is 0 Å². The van der Waals surface area contributed by atoms with E-state index >= 15 is 0 Å². The van der Waals surface area contributed by atoms with Gasteiger partial charge in [-0.3, -0.25) is 10.1 Å². The van der Waals surface area contributed by atoms with Gasteiger partial charge in [-0.1, -0.05) is 26.0 Å². The zero-order valence-corrected chi connectivity index (χ0v) is 20.6. The first kappa shape index (κ1) is 25.3. The van der Waals surface area contributed by atoms with E-state index in [1.54, 1.807) is 0 Å². The van der Waals surface area contributed by atoms with Gasteiger partial charge in [0.2, 0.25) is 0 Å². The first-order valence-corrected chi connectivity index (χ1v) is 10.3. The van der Waals surface area contributed by atoms with E-state index in [2.05, 4.69) is 67.6 Å². The molecule has 2 aromatic rings. The number of halogens is 1. The summed E-state index contributed by atoms with van der Waals surface area (Å²) >= 11 is 0. The minimum atomic E-state index is 0. The van der Waals surface area contributed by atoms with Crippen molar-refractivity contribution in [1.29, 1.82) is 0 Å². The van der Waals surface area contributed by atoms with Gasteiger partial charge in [0.25, 0.3) is 0 Å². The highest BCUT2D eigenvalue weighted by Crippen LogP contribution is 2.18. The fraction of sp³-hybridized carbons (Fsp3) is 0.545. The van der Waals surface area contributed by atoms with Crippen molar-refractivity contribution >= 4 is 29.9 Å². The van der Waals surface area contributed by atoms with Crippen LogP contribution in [-0.2, 0) is 6.42 Å². The topological polar surface area (TPSA) is 74.3 Å². The molecule has 1 unspecified atom stereocenters. The van der Waals surface area contributed by atoms with Gasteiger partial charge in [0.05, 0.1) is 18.8 Å². The first-order valence-electron chi connectivity index (χ1n) is 10.3. The molecule has 6 nitrogen and oxygen atoms in total. The van der Waals surface area contributed by atoms with Crippen LogP contribution < -0.4 is 15.4 Å². The summed E-state index contributed by atoms with van der Waals surface area (Å²) in [6.07, 6.45) is 3.88. The first-order chi connectivity index (χ1) is 13.5. The van der Waals surface area contributed by atoms with Crippen molar-refractivity contribution in [1.82, 2.24) is 20.8 Å². The van der Waals surface area contributed by atoms with Gasteiger partial charge in [-0.15, -0.1) is 24.0 Å². The Morgan fingerprint density at radius 1 is 1.21 bits per heavy atom. The van der Waals surface area contributed by atoms with Gasteiger partial charge in [0.1, 0.15) is 5.75 Å². The average Bonchev–Trinajstić information content (AvgIpc) is 3.08. The number of guanidine groups is 1. The van der Waals surface area contributed by atoms with Gasteiger partial charge >= 0.3 is 0 Å². The van der Waals surface area contributed by atoms with Crippen molar-refractivity contribution in [3.05, 3.63) is 47.3 Å². The van der Waals surface area contributed by atoms with Crippen LogP contribution in [0.1, 0.15) is 57.0 Å². The molecule has 3 N–H and O–H groups in total. The third kappa shape index (κ3) is 9.06. The van der Waals surface area contributed by atoms with E-state index in [0.717, 1.165) is 49.9 Å². The molecule has 7 heteroatoms. The van der Waals surface area contributed by atoms with E-state index in [4.69, 9.17) is 9.73 Å². The van der Waals surface area contributed by atoms with Crippen LogP contribution in [0.5, 0.6) is 5.75 Å². The number of nitrogens with one attached hydrogen (secondary N) is 3. The summed E-state index contributed by atoms with van der Waals surface area (Å²) in [6, 6.07) is 8.45. The molecule has 1 aromatic carbocycles. The minimum absolute atomic E-state index is 0. The predicted molar refractivity (Wildman–Crippen MR) is 131 cm³/mol. The highest BCUT2D eigenvalue weighted by atomic mass is 127. The smallest absolute Gasteiger partial charge is 0.191 e. The molecule has 0 fully saturated rings. The van der Waals surface area contributed by atoms with Crippen molar-refractivity contribution in [3.8, 4) is 5.75 Å². The number of hydrogen-bond acceptors (Lipinski definition) is 3. The van der Waals surface area contributed by atoms with Crippen molar-refractivity contribution in [2.75, 3.05) is 19.7 Å². The van der Waals surface area contributed by atoms with Gasteiger partial charge in [-0.05, 0) is 62.8 Å². The Morgan fingerprint density at radius 2 is 1.93 bits per heavy atom. The van der Waals surface area contributed by atoms with Gasteiger partial charge in [0, 0.05) is 18.8 Å². The standard InChI is InChI=1S/C22H35N5O.HI/c1-6-23-22(24-13-7-8-20-14-25-27-18(20)5)26-17(4)19-9-11-21(12-10-19)28-15-16(2)3;/h9-12,14,16-17H,6-8,13,15H2,1-5H3,(H,25,27)(H2,23,24,26);1H. The number of aliphatic imine (C=N–C) groups is 1. The number of aromatic nitrogens is 2. The second-order valence-corrected chi connectivity index (χ2v) is 7.52. The fourth-order valence-electron chi connectivity index (χ4n) is 2.81. The molecule has 0 aliphatic rings. The van der Waals surface area contributed by atoms with Crippen LogP contribution in [0.25, 0.3) is 0 Å². The molecule has 162 valence electrons. The molecule has 1 atom stereocenters. The van der Waals surface area contributed by atoms with Gasteiger partial charge in [0.15, 0.2) is 5.96 Å². The van der Waals surface area contributed by atoms with Crippen LogP contribution in [0.2, 0.25) is 0 Å². The normalized spacial score (nSPS) is 12.4. The Labute approximate surface area is 192 Å². The van der Waals surface area contributed by atoms with Crippen molar-refractivity contribution in [3.63, 3.8) is 0 Å². The van der Waals surface area contributed by atoms with Crippen molar-refractivity contribution < 1.29 is 4.74 Å². The molecule has 0 saturated heterocycles. The lowest BCUT2D eigenvalue weighted by atomic mass is 10.1. The molecule has 0 amide bonds. The van der Waals surface area contributed by atoms with Crippen molar-refractivity contribution in [2.45, 2.75) is 53.5 Å². The number of rotatable bonds is 10. The number of ether oxygens (including phenoxy) is 1. The Balaban J connectivity index is 0.00000420. The lowest BCUT2D eigenvalue weighted by Crippen LogP contribution is -2.38. The second-order valence-electron chi connectivity index (χ2n) is 7.52. The van der Waals surface area contributed by atoms with E-state index in [-0.39, 0.29) is 30.0 Å². The van der Waals surface area contributed by atoms with Crippen molar-refractivity contribution in [2.24, 2.45) is 10.9 Å². The molecule has 29 heavy (non-hydrogen) atoms. The molecule has 0 radical (unpaired) electrons. The molecule has 1 aromatic heterocycles. The SMILES string of the molecule is CCNC(=NCCCc1cn[nH]c1C)NC(C)c1ccc(OCC(C)C)cc1.I. The number of H-pyrrole nitrogens is 1. The third-order valence-corrected chi connectivity index (χ3v) is 4.47. The monoisotopic (exact) mass is 513 g/mol. The van der Waals surface area contributed by atoms with Crippen LogP contribution in [0.15, 0.2) is 35.5 Å². The van der Waals surface area contributed by atoms with Crippen LogP contribution in [-0.4, -0.2) is 35.9 Å². The highest BCUT2D eigenvalue weighted by Gasteiger charge is 2.08. The summed E-state index contributed by atoms with van der Waals surface area (Å²) in [4.78, 5) is 4.71. The summed E-state index contributed by atoms with van der Waals surface area (Å²) in [6.45, 7) is 12.9. The Kier molecular flexibility index (Phi) is 11.7. The summed E-state index contributed by atoms with van der Waals surface area (Å²) in [5.74, 6) is 2.29. The molecule has 0 aliphatic carbocycles. The molecule has 2 rings (SSSR count). The zero-order chi connectivity index (χ0) is 20.4. The molecular weight excluding hydrogens is 477 g/mol. The van der Waals surface area contributed by atoms with Gasteiger partial charge in [-0.25, -0.2) is 0 Å². The second kappa shape index (κ2) is 13.5. The molecule has 0 bridgehead atoms. The quantitative estimate of drug-likeness (QED) is 0.188. The van der Waals surface area contributed by atoms with E-state index in [1.165, 1.54) is 11.1 Å². The summed E-state index contributed by atoms with van der Waals surface area (Å²) < 4.78 is 5.76. The van der Waals surface area contributed by atoms with E-state index in [1.807, 2.05) is 18.3 Å². The lowest BCUT2D eigenvalue weighted by molar-refractivity contribution is 0.271. The Morgan fingerprint density at radius 3 is 2.52 bits per heavy atom. The van der Waals surface area contributed by atoms with Gasteiger partial charge < -0.3 is 15.4 Å². The fourth-order valence-corrected chi connectivity index (χ4v) is 2.81. The molecule has 0 spiro atoms. The van der Waals surface area contributed by atoms with Gasteiger partial charge in [-0.2, -0.15) is 5.10 Å². The minimum Gasteiger partial charge on any atom is -0.493 e. The highest BCUT2D eigenvalue weighted by molar-refractivity contribution is 14.0. The number of aromatic amines is 1. The molecule has 1 heterocycles. The van der Waals surface area contributed by atoms with E-state index in [0.29, 0.717) is 5.92 Å². The molecular formula is C22H36IN5O. The lowest BCUT2D eigenvalue weighted by Gasteiger charge is -2.18. The number of benzene rings is 1. The molecule has 0 saturated carbocycles. The number of aryl methyl sites for hydroxylation is 2. The predicted octanol–water partition coefficient (Wildman–Crippen LogP) is 4.62. The summed E-state index contributed by atoms with van der Waals surface area (Å²) in [5, 5.41) is 13.9. The van der Waals surface area contributed by atoms with E-state index in [9.17, 15) is 0 Å². The average molecular weight is 513 g/mol. The number of nitrogens with zero attached hydrogens (tertiary/aromatic N) is 2. The van der Waals surface area contributed by atoms with Crippen LogP contribution in [0, 0.1) is 12.8 Å². The molecule has 0 aliphatic heterocycles. The number of hydrogen-bond donors (Lipinski definition) is 3. The summed E-state index contributed by atoms with van der Waals surface area (Å²) in [7, 11) is 0. The Bertz CT molecular complexity index is 727.